The van der Waals surface area contributed by atoms with E-state index in [1.807, 2.05) is 5.38 Å². The van der Waals surface area contributed by atoms with Gasteiger partial charge in [0.15, 0.2) is 0 Å². The Labute approximate surface area is 98.1 Å². The topological polar surface area (TPSA) is 65.5 Å². The third-order valence-electron chi connectivity index (χ3n) is 2.49. The lowest BCUT2D eigenvalue weighted by Gasteiger charge is -2.21. The number of urea groups is 1. The summed E-state index contributed by atoms with van der Waals surface area (Å²) in [5, 5.41) is 13.6. The van der Waals surface area contributed by atoms with Crippen molar-refractivity contribution in [2.45, 2.75) is 25.4 Å². The summed E-state index contributed by atoms with van der Waals surface area (Å²) in [7, 11) is 0. The first-order valence-electron chi connectivity index (χ1n) is 5.33. The fraction of sp³-hybridized carbons (Fsp3) is 0.600. The molecule has 0 unspecified atom stereocenters. The molecule has 0 atom stereocenters. The highest BCUT2D eigenvalue weighted by Gasteiger charge is 2.31. The zero-order valence-corrected chi connectivity index (χ0v) is 9.74. The van der Waals surface area contributed by atoms with Gasteiger partial charge in [0.25, 0.3) is 0 Å². The van der Waals surface area contributed by atoms with Gasteiger partial charge in [0.05, 0.1) is 24.4 Å². The molecule has 1 fully saturated rings. The van der Waals surface area contributed by atoms with E-state index in [2.05, 4.69) is 10.3 Å². The van der Waals surface area contributed by atoms with Crippen molar-refractivity contribution in [2.75, 3.05) is 13.2 Å². The van der Waals surface area contributed by atoms with Crippen LogP contribution in [0.25, 0.3) is 0 Å². The fourth-order valence-corrected chi connectivity index (χ4v) is 2.09. The molecule has 2 rings (SSSR count). The van der Waals surface area contributed by atoms with Gasteiger partial charge in [-0.25, -0.2) is 9.78 Å². The molecule has 0 aliphatic heterocycles. The summed E-state index contributed by atoms with van der Waals surface area (Å²) in [5.74, 6) is 0. The zero-order valence-electron chi connectivity index (χ0n) is 8.93. The van der Waals surface area contributed by atoms with E-state index in [0.29, 0.717) is 19.1 Å². The average Bonchev–Trinajstić information content (AvgIpc) is 2.99. The second kappa shape index (κ2) is 5.27. The molecular weight excluding hydrogens is 226 g/mol. The maximum atomic E-state index is 11.8. The Morgan fingerprint density at radius 3 is 3.06 bits per heavy atom. The van der Waals surface area contributed by atoms with E-state index in [9.17, 15) is 4.79 Å². The Hall–Kier alpha value is -1.14. The van der Waals surface area contributed by atoms with Crippen LogP contribution in [-0.2, 0) is 6.54 Å². The van der Waals surface area contributed by atoms with Gasteiger partial charge in [-0.05, 0) is 12.8 Å². The minimum absolute atomic E-state index is 0.0145. The van der Waals surface area contributed by atoms with E-state index in [1.54, 1.807) is 10.4 Å². The molecule has 0 spiro atoms. The third kappa shape index (κ3) is 2.93. The Morgan fingerprint density at radius 2 is 2.50 bits per heavy atom. The monoisotopic (exact) mass is 241 g/mol. The van der Waals surface area contributed by atoms with Crippen LogP contribution in [0.15, 0.2) is 10.9 Å². The van der Waals surface area contributed by atoms with E-state index in [1.165, 1.54) is 11.3 Å². The number of aliphatic hydroxyl groups is 1. The van der Waals surface area contributed by atoms with E-state index in [4.69, 9.17) is 5.11 Å². The standard InChI is InChI=1S/C10H15N3O2S/c14-4-3-13(9-1-2-9)10(15)11-5-8-6-16-7-12-8/h6-7,9,14H,1-5H2,(H,11,15). The molecule has 5 nitrogen and oxygen atoms in total. The van der Waals surface area contributed by atoms with Gasteiger partial charge in [0.1, 0.15) is 0 Å². The second-order valence-electron chi connectivity index (χ2n) is 3.79. The molecule has 1 aromatic heterocycles. The number of amides is 2. The number of carbonyl (C=O) groups excluding carboxylic acids is 1. The number of aliphatic hydroxyl groups excluding tert-OH is 1. The number of nitrogens with one attached hydrogen (secondary N) is 1. The summed E-state index contributed by atoms with van der Waals surface area (Å²) in [6.07, 6.45) is 2.09. The first-order valence-corrected chi connectivity index (χ1v) is 6.28. The Morgan fingerprint density at radius 1 is 1.69 bits per heavy atom. The van der Waals surface area contributed by atoms with Crippen molar-refractivity contribution >= 4 is 17.4 Å². The Balaban J connectivity index is 1.81. The van der Waals surface area contributed by atoms with Crippen LogP contribution >= 0.6 is 11.3 Å². The first kappa shape index (κ1) is 11.3. The van der Waals surface area contributed by atoms with Crippen LogP contribution in [0.1, 0.15) is 18.5 Å². The van der Waals surface area contributed by atoms with Crippen molar-refractivity contribution in [3.8, 4) is 0 Å². The number of hydrogen-bond acceptors (Lipinski definition) is 4. The number of rotatable bonds is 5. The SMILES string of the molecule is O=C(NCc1cscn1)N(CCO)C1CC1. The normalized spacial score (nSPS) is 14.8. The number of carbonyl (C=O) groups is 1. The smallest absolute Gasteiger partial charge is 0.318 e. The van der Waals surface area contributed by atoms with E-state index < -0.39 is 0 Å². The molecule has 2 amide bonds. The van der Waals surface area contributed by atoms with Crippen LogP contribution < -0.4 is 5.32 Å². The summed E-state index contributed by atoms with van der Waals surface area (Å²) in [5.41, 5.74) is 2.62. The van der Waals surface area contributed by atoms with Gasteiger partial charge >= 0.3 is 6.03 Å². The van der Waals surface area contributed by atoms with E-state index in [0.717, 1.165) is 18.5 Å². The maximum Gasteiger partial charge on any atom is 0.318 e. The molecule has 1 aromatic rings. The quantitative estimate of drug-likeness (QED) is 0.801. The molecule has 0 saturated heterocycles. The van der Waals surface area contributed by atoms with Crippen LogP contribution in [0.2, 0.25) is 0 Å². The highest BCUT2D eigenvalue weighted by atomic mass is 32.1. The lowest BCUT2D eigenvalue weighted by atomic mass is 10.4. The molecule has 16 heavy (non-hydrogen) atoms. The largest absolute Gasteiger partial charge is 0.395 e. The minimum Gasteiger partial charge on any atom is -0.395 e. The number of aromatic nitrogens is 1. The zero-order chi connectivity index (χ0) is 11.4. The van der Waals surface area contributed by atoms with Crippen LogP contribution in [0.5, 0.6) is 0 Å². The summed E-state index contributed by atoms with van der Waals surface area (Å²) < 4.78 is 0. The van der Waals surface area contributed by atoms with Gasteiger partial charge in [-0.15, -0.1) is 11.3 Å². The summed E-state index contributed by atoms with van der Waals surface area (Å²) >= 11 is 1.51. The summed E-state index contributed by atoms with van der Waals surface area (Å²) in [6, 6.07) is 0.215. The van der Waals surface area contributed by atoms with Crippen LogP contribution in [0, 0.1) is 0 Å². The highest BCUT2D eigenvalue weighted by Crippen LogP contribution is 2.26. The van der Waals surface area contributed by atoms with Crippen molar-refractivity contribution in [1.82, 2.24) is 15.2 Å². The van der Waals surface area contributed by atoms with Crippen molar-refractivity contribution < 1.29 is 9.90 Å². The lowest BCUT2D eigenvalue weighted by molar-refractivity contribution is 0.173. The van der Waals surface area contributed by atoms with Crippen molar-refractivity contribution in [2.24, 2.45) is 0 Å². The molecule has 0 aromatic carbocycles. The predicted octanol–water partition coefficient (Wildman–Crippen LogP) is 0.809. The predicted molar refractivity (Wildman–Crippen MR) is 61.2 cm³/mol. The minimum atomic E-state index is -0.107. The molecular formula is C10H15N3O2S. The highest BCUT2D eigenvalue weighted by molar-refractivity contribution is 7.07. The third-order valence-corrected chi connectivity index (χ3v) is 3.13. The van der Waals surface area contributed by atoms with E-state index >= 15 is 0 Å². The maximum absolute atomic E-state index is 11.8. The average molecular weight is 241 g/mol. The van der Waals surface area contributed by atoms with Gasteiger partial charge in [0, 0.05) is 18.0 Å². The van der Waals surface area contributed by atoms with Crippen LogP contribution in [-0.4, -0.2) is 40.2 Å². The van der Waals surface area contributed by atoms with Gasteiger partial charge in [0.2, 0.25) is 0 Å². The fourth-order valence-electron chi connectivity index (χ4n) is 1.54. The number of hydrogen-bond donors (Lipinski definition) is 2. The van der Waals surface area contributed by atoms with Crippen molar-refractivity contribution in [1.29, 1.82) is 0 Å². The number of nitrogens with zero attached hydrogens (tertiary/aromatic N) is 2. The van der Waals surface area contributed by atoms with Gasteiger partial charge < -0.3 is 15.3 Å². The molecule has 0 bridgehead atoms. The molecule has 2 N–H and O–H groups in total. The van der Waals surface area contributed by atoms with Crippen LogP contribution in [0.4, 0.5) is 4.79 Å². The van der Waals surface area contributed by atoms with Crippen molar-refractivity contribution in [3.05, 3.63) is 16.6 Å². The lowest BCUT2D eigenvalue weighted by Crippen LogP contribution is -2.42. The molecule has 0 radical (unpaired) electrons. The molecule has 6 heteroatoms. The van der Waals surface area contributed by atoms with Crippen LogP contribution in [0.3, 0.4) is 0 Å². The molecule has 1 aliphatic carbocycles. The summed E-state index contributed by atoms with van der Waals surface area (Å²) in [6.45, 7) is 0.880. The number of thiazole rings is 1. The first-order chi connectivity index (χ1) is 7.81. The molecule has 88 valence electrons. The van der Waals surface area contributed by atoms with Gasteiger partial charge in [-0.1, -0.05) is 0 Å². The molecule has 1 aliphatic rings. The van der Waals surface area contributed by atoms with Gasteiger partial charge in [-0.3, -0.25) is 0 Å². The Kier molecular flexibility index (Phi) is 3.74. The second-order valence-corrected chi connectivity index (χ2v) is 4.51. The van der Waals surface area contributed by atoms with Gasteiger partial charge in [-0.2, -0.15) is 0 Å². The van der Waals surface area contributed by atoms with Crippen molar-refractivity contribution in [3.63, 3.8) is 0 Å². The summed E-state index contributed by atoms with van der Waals surface area (Å²) in [4.78, 5) is 17.6. The van der Waals surface area contributed by atoms with E-state index in [-0.39, 0.29) is 12.6 Å². The Bertz CT molecular complexity index is 338. The molecule has 1 heterocycles. The molecule has 1 saturated carbocycles.